The Balaban J connectivity index is 1.27. The molecule has 2 amide bonds. The van der Waals surface area contributed by atoms with Gasteiger partial charge in [0, 0.05) is 59.0 Å². The molecule has 4 atom stereocenters. The van der Waals surface area contributed by atoms with Crippen molar-refractivity contribution in [2.24, 2.45) is 0 Å². The predicted octanol–water partition coefficient (Wildman–Crippen LogP) is 1.42. The van der Waals surface area contributed by atoms with Crippen LogP contribution in [0.4, 0.5) is 0 Å². The number of hydrogen-bond acceptors (Lipinski definition) is 9. The molecule has 6 rings (SSSR count). The van der Waals surface area contributed by atoms with Gasteiger partial charge in [-0.2, -0.15) is 0 Å². The average molecular weight is 569 g/mol. The number of hydrogen-bond donors (Lipinski definition) is 1. The van der Waals surface area contributed by atoms with Crippen molar-refractivity contribution in [1.29, 1.82) is 0 Å². The van der Waals surface area contributed by atoms with Gasteiger partial charge in [0.2, 0.25) is 5.91 Å². The zero-order valence-electron chi connectivity index (χ0n) is 23.7. The highest BCUT2D eigenvalue weighted by Gasteiger charge is 2.40. The number of fused-ring (bicyclic) bond motifs is 4. The second-order valence-electron chi connectivity index (χ2n) is 11.3. The maximum absolute atomic E-state index is 13.9. The van der Waals surface area contributed by atoms with E-state index in [0.717, 1.165) is 51.1 Å². The van der Waals surface area contributed by atoms with Crippen LogP contribution in [0.15, 0.2) is 30.5 Å². The Hall–Kier alpha value is -3.06. The number of carbonyl (C=O) groups excluding carboxylic acids is 2. The van der Waals surface area contributed by atoms with Crippen molar-refractivity contribution < 1.29 is 28.5 Å². The molecular weight excluding hydrogens is 528 g/mol. The quantitative estimate of drug-likeness (QED) is 0.584. The summed E-state index contributed by atoms with van der Waals surface area (Å²) in [7, 11) is 1.63. The van der Waals surface area contributed by atoms with Crippen LogP contribution in [0.3, 0.4) is 0 Å². The minimum absolute atomic E-state index is 0.0314. The summed E-state index contributed by atoms with van der Waals surface area (Å²) < 4.78 is 25.3. The highest BCUT2D eigenvalue weighted by atomic mass is 16.5. The zero-order valence-corrected chi connectivity index (χ0v) is 23.7. The molecular formula is C29H40N6O6. The molecule has 0 saturated carbocycles. The van der Waals surface area contributed by atoms with Gasteiger partial charge in [0.15, 0.2) is 0 Å². The van der Waals surface area contributed by atoms with E-state index >= 15 is 0 Å². The lowest BCUT2D eigenvalue weighted by molar-refractivity contribution is -0.131. The zero-order chi connectivity index (χ0) is 28.2. The molecule has 1 N–H and O–H groups in total. The Kier molecular flexibility index (Phi) is 8.80. The van der Waals surface area contributed by atoms with Crippen LogP contribution in [0, 0.1) is 0 Å². The molecule has 0 radical (unpaired) electrons. The van der Waals surface area contributed by atoms with Crippen LogP contribution in [-0.4, -0.2) is 114 Å². The molecule has 1 aromatic heterocycles. The maximum atomic E-state index is 13.9. The molecule has 12 nitrogen and oxygen atoms in total. The summed E-state index contributed by atoms with van der Waals surface area (Å²) in [6, 6.07) is 6.96. The normalized spacial score (nSPS) is 28.7. The van der Waals surface area contributed by atoms with Crippen LogP contribution >= 0.6 is 0 Å². The van der Waals surface area contributed by atoms with Crippen molar-refractivity contribution in [3.8, 4) is 5.75 Å². The maximum Gasteiger partial charge on any atom is 0.258 e. The molecule has 41 heavy (non-hydrogen) atoms. The Morgan fingerprint density at radius 2 is 1.90 bits per heavy atom. The van der Waals surface area contributed by atoms with E-state index in [1.54, 1.807) is 18.1 Å². The van der Waals surface area contributed by atoms with Gasteiger partial charge >= 0.3 is 0 Å². The van der Waals surface area contributed by atoms with E-state index in [1.807, 2.05) is 29.1 Å². The van der Waals surface area contributed by atoms with Gasteiger partial charge in [-0.3, -0.25) is 14.5 Å². The van der Waals surface area contributed by atoms with Gasteiger partial charge in [0.1, 0.15) is 17.5 Å². The van der Waals surface area contributed by atoms with Crippen LogP contribution in [0.1, 0.15) is 54.2 Å². The number of nitrogens with one attached hydrogen (secondary N) is 1. The van der Waals surface area contributed by atoms with E-state index in [9.17, 15) is 9.59 Å². The standard InChI is InChI=1S/C29H40N6O6/c1-38-19-20-17-35(32-31-20)24-7-6-22-10-15-40-26-5-3-2-4-23(26)29(37)34-12-11-33(21-8-13-39-14-9-21)18-25(34)28(36)30-16-27(24)41-22/h2-5,17,21-22,24-25,27H,6-16,18-19H2,1H3,(H,30,36)/t22-,24+,25-,27+/m0/s1. The number of carbonyl (C=O) groups is 2. The third-order valence-corrected chi connectivity index (χ3v) is 8.75. The third-order valence-electron chi connectivity index (χ3n) is 8.75. The summed E-state index contributed by atoms with van der Waals surface area (Å²) >= 11 is 0. The Labute approximate surface area is 240 Å². The van der Waals surface area contributed by atoms with Crippen LogP contribution in [0.2, 0.25) is 0 Å². The molecule has 3 saturated heterocycles. The molecule has 2 aromatic rings. The smallest absolute Gasteiger partial charge is 0.258 e. The molecule has 3 fully saturated rings. The number of rotatable bonds is 4. The summed E-state index contributed by atoms with van der Waals surface area (Å²) in [5, 5.41) is 11.7. The van der Waals surface area contributed by atoms with Crippen molar-refractivity contribution in [2.45, 2.75) is 69.0 Å². The van der Waals surface area contributed by atoms with Gasteiger partial charge in [0.05, 0.1) is 43.2 Å². The number of amides is 2. The Morgan fingerprint density at radius 1 is 1.05 bits per heavy atom. The first kappa shape index (κ1) is 28.1. The highest BCUT2D eigenvalue weighted by molar-refractivity contribution is 6.00. The van der Waals surface area contributed by atoms with Gasteiger partial charge < -0.3 is 29.2 Å². The molecule has 2 bridgehead atoms. The summed E-state index contributed by atoms with van der Waals surface area (Å²) in [6.45, 7) is 4.23. The molecule has 5 heterocycles. The van der Waals surface area contributed by atoms with Gasteiger partial charge in [0.25, 0.3) is 5.91 Å². The minimum atomic E-state index is -0.632. The average Bonchev–Trinajstić information content (AvgIpc) is 3.48. The number of methoxy groups -OCH3 is 1. The second-order valence-corrected chi connectivity index (χ2v) is 11.3. The first-order valence-electron chi connectivity index (χ1n) is 14.8. The lowest BCUT2D eigenvalue weighted by atomic mass is 9.96. The van der Waals surface area contributed by atoms with E-state index in [4.69, 9.17) is 18.9 Å². The van der Waals surface area contributed by atoms with Crippen molar-refractivity contribution in [1.82, 2.24) is 30.1 Å². The van der Waals surface area contributed by atoms with Crippen molar-refractivity contribution in [2.75, 3.05) is 53.1 Å². The summed E-state index contributed by atoms with van der Waals surface area (Å²) in [5.74, 6) is 0.194. The van der Waals surface area contributed by atoms with E-state index in [0.29, 0.717) is 56.6 Å². The third kappa shape index (κ3) is 6.25. The fourth-order valence-electron chi connectivity index (χ4n) is 6.53. The summed E-state index contributed by atoms with van der Waals surface area (Å²) in [5.41, 5.74) is 1.23. The van der Waals surface area contributed by atoms with Gasteiger partial charge in [-0.15, -0.1) is 5.10 Å². The number of piperazine rings is 1. The second kappa shape index (κ2) is 12.8. The molecule has 4 aliphatic heterocycles. The van der Waals surface area contributed by atoms with E-state index in [1.165, 1.54) is 0 Å². The minimum Gasteiger partial charge on any atom is -0.493 e. The van der Waals surface area contributed by atoms with E-state index in [-0.39, 0.29) is 30.1 Å². The molecule has 0 unspecified atom stereocenters. The van der Waals surface area contributed by atoms with Crippen LogP contribution < -0.4 is 10.1 Å². The molecule has 0 aliphatic carbocycles. The summed E-state index contributed by atoms with van der Waals surface area (Å²) in [6.07, 6.45) is 5.76. The fourth-order valence-corrected chi connectivity index (χ4v) is 6.53. The molecule has 12 heteroatoms. The largest absolute Gasteiger partial charge is 0.493 e. The van der Waals surface area contributed by atoms with Gasteiger partial charge in [-0.1, -0.05) is 17.3 Å². The van der Waals surface area contributed by atoms with Crippen LogP contribution in [0.25, 0.3) is 0 Å². The number of ether oxygens (including phenoxy) is 4. The topological polar surface area (TPSA) is 120 Å². The number of benzene rings is 1. The lowest BCUT2D eigenvalue weighted by Gasteiger charge is -2.45. The lowest BCUT2D eigenvalue weighted by Crippen LogP contribution is -2.63. The van der Waals surface area contributed by atoms with Gasteiger partial charge in [-0.25, -0.2) is 4.68 Å². The molecule has 1 aromatic carbocycles. The number of nitrogens with zero attached hydrogens (tertiary/aromatic N) is 5. The molecule has 0 spiro atoms. The Bertz CT molecular complexity index is 1200. The molecule has 4 aliphatic rings. The van der Waals surface area contributed by atoms with Crippen LogP contribution in [-0.2, 0) is 25.6 Å². The number of para-hydroxylation sites is 1. The SMILES string of the molecule is COCc1cn([C@@H]2CC[C@H]3CCOc4ccccc4C(=O)N4CCN(C5CCOCC5)C[C@H]4C(=O)NC[C@H]2O3)nn1. The fraction of sp³-hybridized carbons (Fsp3) is 0.655. The van der Waals surface area contributed by atoms with Gasteiger partial charge in [-0.05, 0) is 37.8 Å². The van der Waals surface area contributed by atoms with E-state index < -0.39 is 6.04 Å². The van der Waals surface area contributed by atoms with E-state index in [2.05, 4.69) is 20.5 Å². The highest BCUT2D eigenvalue weighted by Crippen LogP contribution is 2.31. The van der Waals surface area contributed by atoms with Crippen molar-refractivity contribution >= 4 is 11.8 Å². The first-order valence-corrected chi connectivity index (χ1v) is 14.8. The first-order chi connectivity index (χ1) is 20.1. The summed E-state index contributed by atoms with van der Waals surface area (Å²) in [4.78, 5) is 31.9. The Morgan fingerprint density at radius 3 is 2.76 bits per heavy atom. The van der Waals surface area contributed by atoms with Crippen LogP contribution in [0.5, 0.6) is 5.75 Å². The number of aromatic nitrogens is 3. The monoisotopic (exact) mass is 568 g/mol. The predicted molar refractivity (Wildman–Crippen MR) is 147 cm³/mol. The molecule has 222 valence electrons. The van der Waals surface area contributed by atoms with Crippen molar-refractivity contribution in [3.63, 3.8) is 0 Å². The van der Waals surface area contributed by atoms with Crippen molar-refractivity contribution in [3.05, 3.63) is 41.7 Å².